The average molecular weight is 365 g/mol. The van der Waals surface area contributed by atoms with Crippen LogP contribution in [0.3, 0.4) is 0 Å². The first-order valence-electron chi connectivity index (χ1n) is 9.65. The third-order valence-electron chi connectivity index (χ3n) is 5.23. The van der Waals surface area contributed by atoms with E-state index in [-0.39, 0.29) is 17.9 Å². The van der Waals surface area contributed by atoms with E-state index in [4.69, 9.17) is 5.73 Å². The van der Waals surface area contributed by atoms with Crippen molar-refractivity contribution in [1.82, 2.24) is 5.32 Å². The van der Waals surface area contributed by atoms with E-state index in [9.17, 15) is 9.59 Å². The van der Waals surface area contributed by atoms with Gasteiger partial charge in [0, 0.05) is 29.4 Å². The first-order valence-corrected chi connectivity index (χ1v) is 9.65. The number of nitrogens with two attached hydrogens (primary N) is 1. The second kappa shape index (κ2) is 9.33. The van der Waals surface area contributed by atoms with E-state index in [1.165, 1.54) is 19.3 Å². The third-order valence-corrected chi connectivity index (χ3v) is 5.23. The molecule has 5 nitrogen and oxygen atoms in total. The van der Waals surface area contributed by atoms with Crippen LogP contribution < -0.4 is 16.4 Å². The molecule has 0 spiro atoms. The van der Waals surface area contributed by atoms with Gasteiger partial charge >= 0.3 is 0 Å². The van der Waals surface area contributed by atoms with Gasteiger partial charge in [0.25, 0.3) is 11.8 Å². The molecule has 2 amide bonds. The SMILES string of the molecule is NCC(NC(=O)c1ccc(NC(=O)c2ccccc2)cc1)C1CCCCC1. The molecule has 4 N–H and O–H groups in total. The molecule has 1 aliphatic carbocycles. The average Bonchev–Trinajstić information content (AvgIpc) is 2.73. The van der Waals surface area contributed by atoms with Gasteiger partial charge in [0.05, 0.1) is 0 Å². The number of nitrogens with one attached hydrogen (secondary N) is 2. The Balaban J connectivity index is 1.59. The molecule has 1 unspecified atom stereocenters. The summed E-state index contributed by atoms with van der Waals surface area (Å²) in [6.45, 7) is 0.460. The second-order valence-corrected chi connectivity index (χ2v) is 7.11. The Labute approximate surface area is 160 Å². The molecule has 1 atom stereocenters. The normalized spacial score (nSPS) is 15.7. The zero-order valence-electron chi connectivity index (χ0n) is 15.5. The summed E-state index contributed by atoms with van der Waals surface area (Å²) < 4.78 is 0. The summed E-state index contributed by atoms with van der Waals surface area (Å²) in [5, 5.41) is 5.92. The minimum atomic E-state index is -0.173. The smallest absolute Gasteiger partial charge is 0.255 e. The van der Waals surface area contributed by atoms with E-state index in [2.05, 4.69) is 10.6 Å². The van der Waals surface area contributed by atoms with Crippen LogP contribution in [0.1, 0.15) is 52.8 Å². The molecule has 2 aromatic rings. The zero-order valence-corrected chi connectivity index (χ0v) is 15.5. The van der Waals surface area contributed by atoms with Crippen LogP contribution in [-0.2, 0) is 0 Å². The Bertz CT molecular complexity index is 753. The van der Waals surface area contributed by atoms with Crippen LogP contribution in [0.4, 0.5) is 5.69 Å². The second-order valence-electron chi connectivity index (χ2n) is 7.11. The van der Waals surface area contributed by atoms with E-state index in [0.29, 0.717) is 29.3 Å². The van der Waals surface area contributed by atoms with Crippen molar-refractivity contribution in [2.24, 2.45) is 11.7 Å². The molecule has 0 aliphatic heterocycles. The summed E-state index contributed by atoms with van der Waals surface area (Å²) in [4.78, 5) is 24.7. The first-order chi connectivity index (χ1) is 13.2. The van der Waals surface area contributed by atoms with Gasteiger partial charge in [-0.15, -0.1) is 0 Å². The summed E-state index contributed by atoms with van der Waals surface area (Å²) >= 11 is 0. The number of carbonyl (C=O) groups excluding carboxylic acids is 2. The summed E-state index contributed by atoms with van der Waals surface area (Å²) in [5.74, 6) is 0.183. The van der Waals surface area contributed by atoms with Gasteiger partial charge in [0.1, 0.15) is 0 Å². The maximum absolute atomic E-state index is 12.6. The summed E-state index contributed by atoms with van der Waals surface area (Å²) in [7, 11) is 0. The maximum Gasteiger partial charge on any atom is 0.255 e. The quantitative estimate of drug-likeness (QED) is 0.731. The van der Waals surface area contributed by atoms with Crippen molar-refractivity contribution in [3.05, 3.63) is 65.7 Å². The van der Waals surface area contributed by atoms with Gasteiger partial charge in [-0.25, -0.2) is 0 Å². The van der Waals surface area contributed by atoms with Gasteiger partial charge in [-0.1, -0.05) is 37.5 Å². The van der Waals surface area contributed by atoms with Crippen molar-refractivity contribution in [1.29, 1.82) is 0 Å². The molecule has 0 saturated heterocycles. The van der Waals surface area contributed by atoms with E-state index in [0.717, 1.165) is 12.8 Å². The summed E-state index contributed by atoms with van der Waals surface area (Å²) in [5.41, 5.74) is 7.72. The Morgan fingerprint density at radius 2 is 1.52 bits per heavy atom. The lowest BCUT2D eigenvalue weighted by molar-refractivity contribution is 0.0915. The molecule has 0 aromatic heterocycles. The Morgan fingerprint density at radius 1 is 0.889 bits per heavy atom. The highest BCUT2D eigenvalue weighted by Gasteiger charge is 2.24. The number of benzene rings is 2. The number of carbonyl (C=O) groups is 2. The fourth-order valence-electron chi connectivity index (χ4n) is 3.66. The molecular formula is C22H27N3O2. The lowest BCUT2D eigenvalue weighted by Crippen LogP contribution is -2.45. The van der Waals surface area contributed by atoms with Crippen LogP contribution in [0.5, 0.6) is 0 Å². The number of hydrogen-bond donors (Lipinski definition) is 3. The maximum atomic E-state index is 12.6. The van der Waals surface area contributed by atoms with Gasteiger partial charge < -0.3 is 16.4 Å². The van der Waals surface area contributed by atoms with Crippen molar-refractivity contribution >= 4 is 17.5 Å². The molecule has 1 fully saturated rings. The molecule has 0 radical (unpaired) electrons. The van der Waals surface area contributed by atoms with E-state index in [1.54, 1.807) is 36.4 Å². The minimum Gasteiger partial charge on any atom is -0.348 e. The van der Waals surface area contributed by atoms with Crippen molar-refractivity contribution in [3.8, 4) is 0 Å². The highest BCUT2D eigenvalue weighted by Crippen LogP contribution is 2.26. The minimum absolute atomic E-state index is 0.0234. The molecule has 27 heavy (non-hydrogen) atoms. The monoisotopic (exact) mass is 365 g/mol. The lowest BCUT2D eigenvalue weighted by atomic mass is 9.84. The molecule has 0 heterocycles. The lowest BCUT2D eigenvalue weighted by Gasteiger charge is -2.30. The van der Waals surface area contributed by atoms with Crippen molar-refractivity contribution in [2.45, 2.75) is 38.1 Å². The van der Waals surface area contributed by atoms with Crippen LogP contribution in [0.2, 0.25) is 0 Å². The van der Waals surface area contributed by atoms with Crippen LogP contribution in [0, 0.1) is 5.92 Å². The van der Waals surface area contributed by atoms with Crippen LogP contribution in [0.15, 0.2) is 54.6 Å². The van der Waals surface area contributed by atoms with Crippen LogP contribution >= 0.6 is 0 Å². The van der Waals surface area contributed by atoms with Gasteiger partial charge in [-0.2, -0.15) is 0 Å². The van der Waals surface area contributed by atoms with Gasteiger partial charge in [-0.05, 0) is 55.2 Å². The number of rotatable bonds is 6. The van der Waals surface area contributed by atoms with Crippen LogP contribution in [0.25, 0.3) is 0 Å². The predicted molar refractivity (Wildman–Crippen MR) is 108 cm³/mol. The van der Waals surface area contributed by atoms with Crippen molar-refractivity contribution < 1.29 is 9.59 Å². The van der Waals surface area contributed by atoms with E-state index in [1.807, 2.05) is 18.2 Å². The first kappa shape index (κ1) is 19.1. The van der Waals surface area contributed by atoms with Gasteiger partial charge in [-0.3, -0.25) is 9.59 Å². The molecule has 142 valence electrons. The molecule has 3 rings (SSSR count). The molecule has 2 aromatic carbocycles. The zero-order chi connectivity index (χ0) is 19.1. The van der Waals surface area contributed by atoms with Gasteiger partial charge in [0.2, 0.25) is 0 Å². The molecular weight excluding hydrogens is 338 g/mol. The van der Waals surface area contributed by atoms with Gasteiger partial charge in [0.15, 0.2) is 0 Å². The number of amides is 2. The Morgan fingerprint density at radius 3 is 2.15 bits per heavy atom. The predicted octanol–water partition coefficient (Wildman–Crippen LogP) is 3.58. The topological polar surface area (TPSA) is 84.2 Å². The Hall–Kier alpha value is -2.66. The van der Waals surface area contributed by atoms with Crippen molar-refractivity contribution in [2.75, 3.05) is 11.9 Å². The highest BCUT2D eigenvalue weighted by molar-refractivity contribution is 6.04. The largest absolute Gasteiger partial charge is 0.348 e. The van der Waals surface area contributed by atoms with E-state index < -0.39 is 0 Å². The third kappa shape index (κ3) is 5.17. The molecule has 5 heteroatoms. The highest BCUT2D eigenvalue weighted by atomic mass is 16.2. The summed E-state index contributed by atoms with van der Waals surface area (Å²) in [6, 6.07) is 16.0. The molecule has 1 saturated carbocycles. The van der Waals surface area contributed by atoms with Crippen molar-refractivity contribution in [3.63, 3.8) is 0 Å². The Kier molecular flexibility index (Phi) is 6.60. The molecule has 0 bridgehead atoms. The fourth-order valence-corrected chi connectivity index (χ4v) is 3.66. The summed E-state index contributed by atoms with van der Waals surface area (Å²) in [6.07, 6.45) is 5.97. The standard InChI is InChI=1S/C22H27N3O2/c23-15-20(16-7-3-1-4-8-16)25-22(27)18-11-13-19(14-12-18)24-21(26)17-9-5-2-6-10-17/h2,5-6,9-14,16,20H,1,3-4,7-8,15,23H2,(H,24,26)(H,25,27). The van der Waals surface area contributed by atoms with Crippen LogP contribution in [-0.4, -0.2) is 24.4 Å². The fraction of sp³-hybridized carbons (Fsp3) is 0.364. The molecule has 1 aliphatic rings. The number of hydrogen-bond acceptors (Lipinski definition) is 3. The van der Waals surface area contributed by atoms with E-state index >= 15 is 0 Å². The number of anilines is 1.